The van der Waals surface area contributed by atoms with E-state index < -0.39 is 0 Å². The van der Waals surface area contributed by atoms with Crippen LogP contribution in [-0.4, -0.2) is 21.9 Å². The highest BCUT2D eigenvalue weighted by molar-refractivity contribution is 7.10. The number of nitrogens with zero attached hydrogens (tertiary/aromatic N) is 2. The van der Waals surface area contributed by atoms with E-state index in [9.17, 15) is 9.59 Å². The number of fused-ring (bicyclic) bond motifs is 1. The zero-order valence-corrected chi connectivity index (χ0v) is 15.0. The molecule has 0 bridgehead atoms. The molecule has 3 aromatic rings. The molecule has 0 spiro atoms. The van der Waals surface area contributed by atoms with Crippen molar-refractivity contribution in [2.24, 2.45) is 0 Å². The van der Waals surface area contributed by atoms with Crippen molar-refractivity contribution >= 4 is 28.0 Å². The monoisotopic (exact) mass is 369 g/mol. The van der Waals surface area contributed by atoms with Crippen LogP contribution in [0.2, 0.25) is 0 Å². The Morgan fingerprint density at radius 1 is 1.27 bits per heavy atom. The van der Waals surface area contributed by atoms with Gasteiger partial charge in [-0.1, -0.05) is 24.3 Å². The Hall–Kier alpha value is -2.55. The summed E-state index contributed by atoms with van der Waals surface area (Å²) in [5.41, 5.74) is 6.74. The summed E-state index contributed by atoms with van der Waals surface area (Å²) in [5.74, 6) is -0.250. The number of carbonyl (C=O) groups excluding carboxylic acids is 1. The minimum Gasteiger partial charge on any atom is -0.338 e. The Balaban J connectivity index is 1.45. The molecule has 0 saturated carbocycles. The third kappa shape index (κ3) is 3.26. The first-order chi connectivity index (χ1) is 12.6. The van der Waals surface area contributed by atoms with Crippen molar-refractivity contribution < 1.29 is 4.79 Å². The van der Waals surface area contributed by atoms with Gasteiger partial charge in [-0.15, -0.1) is 11.3 Å². The highest BCUT2D eigenvalue weighted by Crippen LogP contribution is 2.25. The number of hydrazine groups is 1. The maximum Gasteiger partial charge on any atom is 0.275 e. The maximum atomic E-state index is 12.6. The fraction of sp³-hybridized carbons (Fsp3) is 0.278. The third-order valence-corrected chi connectivity index (χ3v) is 5.46. The number of nitrogens with one attached hydrogen (secondary N) is 3. The van der Waals surface area contributed by atoms with E-state index in [1.807, 2.05) is 36.6 Å². The highest BCUT2D eigenvalue weighted by atomic mass is 32.1. The van der Waals surface area contributed by atoms with E-state index in [4.69, 9.17) is 0 Å². The number of thiophene rings is 1. The van der Waals surface area contributed by atoms with Crippen LogP contribution in [0.15, 0.2) is 46.6 Å². The molecule has 1 aromatic carbocycles. The Morgan fingerprint density at radius 3 is 2.85 bits per heavy atom. The van der Waals surface area contributed by atoms with E-state index in [1.54, 1.807) is 17.4 Å². The molecule has 8 heteroatoms. The van der Waals surface area contributed by atoms with Gasteiger partial charge in [0, 0.05) is 16.7 Å². The second-order valence-corrected chi connectivity index (χ2v) is 7.29. The van der Waals surface area contributed by atoms with Gasteiger partial charge in [0.2, 0.25) is 5.91 Å². The van der Waals surface area contributed by atoms with Gasteiger partial charge in [-0.05, 0) is 24.4 Å². The lowest BCUT2D eigenvalue weighted by Crippen LogP contribution is -2.46. The van der Waals surface area contributed by atoms with Crippen LogP contribution in [0.5, 0.6) is 0 Å². The smallest absolute Gasteiger partial charge is 0.275 e. The van der Waals surface area contributed by atoms with Gasteiger partial charge in [0.05, 0.1) is 23.3 Å². The predicted octanol–water partition coefficient (Wildman–Crippen LogP) is 1.45. The number of rotatable bonds is 4. The van der Waals surface area contributed by atoms with Crippen LogP contribution >= 0.6 is 11.3 Å². The molecular weight excluding hydrogens is 350 g/mol. The third-order valence-electron chi connectivity index (χ3n) is 4.47. The molecule has 0 aliphatic carbocycles. The largest absolute Gasteiger partial charge is 0.338 e. The molecule has 1 amide bonds. The Kier molecular flexibility index (Phi) is 4.54. The predicted molar refractivity (Wildman–Crippen MR) is 101 cm³/mol. The molecule has 7 nitrogen and oxygen atoms in total. The molecule has 26 heavy (non-hydrogen) atoms. The van der Waals surface area contributed by atoms with E-state index in [-0.39, 0.29) is 30.2 Å². The lowest BCUT2D eigenvalue weighted by atomic mass is 10.1. The summed E-state index contributed by atoms with van der Waals surface area (Å²) in [6.45, 7) is 1.73. The Bertz CT molecular complexity index is 998. The molecule has 0 radical (unpaired) electrons. The van der Waals surface area contributed by atoms with Gasteiger partial charge in [0.1, 0.15) is 6.54 Å². The van der Waals surface area contributed by atoms with Gasteiger partial charge in [0.15, 0.2) is 0 Å². The molecule has 1 aliphatic heterocycles. The number of aromatic nitrogens is 2. The lowest BCUT2D eigenvalue weighted by molar-refractivity contribution is -0.122. The molecule has 1 saturated heterocycles. The van der Waals surface area contributed by atoms with Gasteiger partial charge in [-0.2, -0.15) is 5.10 Å². The summed E-state index contributed by atoms with van der Waals surface area (Å²) in [6, 6.07) is 11.5. The van der Waals surface area contributed by atoms with Crippen LogP contribution in [0.3, 0.4) is 0 Å². The average Bonchev–Trinajstić information content (AvgIpc) is 3.31. The van der Waals surface area contributed by atoms with Crippen molar-refractivity contribution in [1.29, 1.82) is 0 Å². The molecule has 4 rings (SSSR count). The SMILES string of the molecule is Cc1nn(CC(=O)NC2CC(c3cccs3)NN2)c(=O)c2ccccc12. The highest BCUT2D eigenvalue weighted by Gasteiger charge is 2.26. The number of carbonyl (C=O) groups is 1. The number of hydrogen-bond donors (Lipinski definition) is 3. The first kappa shape index (κ1) is 16.9. The summed E-state index contributed by atoms with van der Waals surface area (Å²) in [4.78, 5) is 26.2. The number of benzene rings is 1. The molecule has 1 fully saturated rings. The average molecular weight is 369 g/mol. The van der Waals surface area contributed by atoms with Gasteiger partial charge in [-0.3, -0.25) is 9.59 Å². The van der Waals surface area contributed by atoms with Gasteiger partial charge in [-0.25, -0.2) is 15.5 Å². The van der Waals surface area contributed by atoms with E-state index in [1.165, 1.54) is 9.56 Å². The quantitative estimate of drug-likeness (QED) is 0.648. The first-order valence-electron chi connectivity index (χ1n) is 8.42. The Morgan fingerprint density at radius 2 is 2.08 bits per heavy atom. The van der Waals surface area contributed by atoms with E-state index in [0.29, 0.717) is 5.39 Å². The lowest BCUT2D eigenvalue weighted by Gasteiger charge is -2.13. The number of amides is 1. The second-order valence-electron chi connectivity index (χ2n) is 6.31. The maximum absolute atomic E-state index is 12.6. The molecule has 2 atom stereocenters. The molecule has 3 heterocycles. The number of aryl methyl sites for hydroxylation is 1. The molecule has 2 unspecified atom stereocenters. The van der Waals surface area contributed by atoms with Crippen molar-refractivity contribution in [2.75, 3.05) is 0 Å². The van der Waals surface area contributed by atoms with Crippen LogP contribution in [-0.2, 0) is 11.3 Å². The van der Waals surface area contributed by atoms with Gasteiger partial charge >= 0.3 is 0 Å². The normalized spacial score (nSPS) is 19.7. The Labute approximate surface area is 154 Å². The summed E-state index contributed by atoms with van der Waals surface area (Å²) in [5, 5.41) is 10.6. The second kappa shape index (κ2) is 6.99. The van der Waals surface area contributed by atoms with Crippen molar-refractivity contribution in [1.82, 2.24) is 25.9 Å². The number of hydrogen-bond acceptors (Lipinski definition) is 6. The summed E-state index contributed by atoms with van der Waals surface area (Å²) < 4.78 is 1.23. The van der Waals surface area contributed by atoms with Crippen LogP contribution < -0.4 is 21.7 Å². The van der Waals surface area contributed by atoms with Crippen molar-refractivity contribution in [2.45, 2.75) is 32.1 Å². The molecule has 1 aliphatic rings. The van der Waals surface area contributed by atoms with Crippen LogP contribution in [0.25, 0.3) is 10.8 Å². The van der Waals surface area contributed by atoms with Crippen molar-refractivity contribution in [3.63, 3.8) is 0 Å². The van der Waals surface area contributed by atoms with Crippen LogP contribution in [0.1, 0.15) is 23.0 Å². The first-order valence-corrected chi connectivity index (χ1v) is 9.30. The summed E-state index contributed by atoms with van der Waals surface area (Å²) in [6.07, 6.45) is 0.553. The summed E-state index contributed by atoms with van der Waals surface area (Å²) in [7, 11) is 0. The molecule has 134 valence electrons. The minimum atomic E-state index is -0.254. The van der Waals surface area contributed by atoms with E-state index in [0.717, 1.165) is 17.5 Å². The zero-order valence-electron chi connectivity index (χ0n) is 14.2. The van der Waals surface area contributed by atoms with Crippen LogP contribution in [0.4, 0.5) is 0 Å². The topological polar surface area (TPSA) is 88.1 Å². The fourth-order valence-electron chi connectivity index (χ4n) is 3.21. The molecular formula is C18H19N5O2S. The van der Waals surface area contributed by atoms with Crippen molar-refractivity contribution in [3.05, 3.63) is 62.7 Å². The standard InChI is InChI=1S/C18H19N5O2S/c1-11-12-5-2-3-6-13(12)18(25)23(22-11)10-17(24)19-16-9-14(20-21-16)15-7-4-8-26-15/h2-8,14,16,20-21H,9-10H2,1H3,(H,19,24). The molecule has 2 aromatic heterocycles. The van der Waals surface area contributed by atoms with Gasteiger partial charge < -0.3 is 5.32 Å². The van der Waals surface area contributed by atoms with E-state index in [2.05, 4.69) is 27.3 Å². The zero-order chi connectivity index (χ0) is 18.1. The summed E-state index contributed by atoms with van der Waals surface area (Å²) >= 11 is 1.68. The minimum absolute atomic E-state index is 0.105. The van der Waals surface area contributed by atoms with E-state index >= 15 is 0 Å². The van der Waals surface area contributed by atoms with Crippen molar-refractivity contribution in [3.8, 4) is 0 Å². The van der Waals surface area contributed by atoms with Gasteiger partial charge in [0.25, 0.3) is 5.56 Å². The fourth-order valence-corrected chi connectivity index (χ4v) is 4.01. The van der Waals surface area contributed by atoms with Crippen LogP contribution in [0, 0.1) is 6.92 Å². The molecule has 3 N–H and O–H groups in total.